The van der Waals surface area contributed by atoms with Gasteiger partial charge in [-0.3, -0.25) is 14.4 Å². The number of ether oxygens (including phenoxy) is 1. The van der Waals surface area contributed by atoms with Gasteiger partial charge in [-0.25, -0.2) is 4.39 Å². The molecule has 1 saturated heterocycles. The van der Waals surface area contributed by atoms with Crippen LogP contribution in [0.1, 0.15) is 24.8 Å². The lowest BCUT2D eigenvalue weighted by Crippen LogP contribution is -2.41. The first-order chi connectivity index (χ1) is 16.5. The van der Waals surface area contributed by atoms with Crippen LogP contribution in [-0.4, -0.2) is 48.9 Å². The molecule has 2 amide bonds. The number of amides is 2. The molecule has 0 aliphatic carbocycles. The Labute approximate surface area is 198 Å². The highest BCUT2D eigenvalue weighted by molar-refractivity contribution is 5.95. The van der Waals surface area contributed by atoms with Crippen LogP contribution >= 0.6 is 0 Å². The number of likely N-dealkylation sites (tertiary alicyclic amines) is 1. The third-order valence-corrected chi connectivity index (χ3v) is 5.59. The van der Waals surface area contributed by atoms with Crippen LogP contribution in [0.4, 0.5) is 10.1 Å². The number of nitriles is 1. The second kappa shape index (κ2) is 12.3. The number of carbonyl (C=O) groups excluding carboxylic acids is 3. The van der Waals surface area contributed by atoms with Gasteiger partial charge >= 0.3 is 5.97 Å². The van der Waals surface area contributed by atoms with Crippen LogP contribution in [-0.2, 0) is 19.1 Å². The molecule has 3 rings (SSSR count). The van der Waals surface area contributed by atoms with E-state index in [-0.39, 0.29) is 24.6 Å². The van der Waals surface area contributed by atoms with E-state index in [0.717, 1.165) is 10.5 Å². The molecule has 0 aromatic heterocycles. The fourth-order valence-electron chi connectivity index (χ4n) is 3.71. The zero-order valence-electron chi connectivity index (χ0n) is 18.7. The molecule has 0 unspecified atom stereocenters. The van der Waals surface area contributed by atoms with Crippen molar-refractivity contribution in [2.75, 3.05) is 31.1 Å². The van der Waals surface area contributed by atoms with Gasteiger partial charge in [0.05, 0.1) is 24.1 Å². The van der Waals surface area contributed by atoms with Gasteiger partial charge in [-0.1, -0.05) is 42.5 Å². The van der Waals surface area contributed by atoms with E-state index in [0.29, 0.717) is 25.9 Å². The number of benzene rings is 2. The monoisotopic (exact) mass is 463 g/mol. The molecular weight excluding hydrogens is 437 g/mol. The maximum absolute atomic E-state index is 14.1. The van der Waals surface area contributed by atoms with Crippen LogP contribution in [0.15, 0.2) is 60.7 Å². The Morgan fingerprint density at radius 3 is 2.44 bits per heavy atom. The van der Waals surface area contributed by atoms with E-state index in [9.17, 15) is 18.8 Å². The van der Waals surface area contributed by atoms with Crippen molar-refractivity contribution in [2.45, 2.75) is 19.3 Å². The molecule has 0 N–H and O–H groups in total. The fourth-order valence-corrected chi connectivity index (χ4v) is 3.71. The molecule has 1 fully saturated rings. The van der Waals surface area contributed by atoms with Gasteiger partial charge in [0.15, 0.2) is 6.61 Å². The molecule has 0 atom stereocenters. The number of halogens is 1. The van der Waals surface area contributed by atoms with Gasteiger partial charge in [0.1, 0.15) is 5.82 Å². The number of carbonyl (C=O) groups is 3. The summed E-state index contributed by atoms with van der Waals surface area (Å²) in [5.41, 5.74) is 0.965. The summed E-state index contributed by atoms with van der Waals surface area (Å²) in [4.78, 5) is 40.3. The third-order valence-electron chi connectivity index (χ3n) is 5.59. The summed E-state index contributed by atoms with van der Waals surface area (Å²) >= 11 is 0. The molecule has 0 radical (unpaired) electrons. The van der Waals surface area contributed by atoms with Crippen molar-refractivity contribution >= 4 is 29.5 Å². The maximum Gasteiger partial charge on any atom is 0.309 e. The Hall–Kier alpha value is -3.99. The van der Waals surface area contributed by atoms with Crippen molar-refractivity contribution in [3.8, 4) is 6.07 Å². The average Bonchev–Trinajstić information content (AvgIpc) is 2.87. The highest BCUT2D eigenvalue weighted by Gasteiger charge is 2.29. The first-order valence-corrected chi connectivity index (χ1v) is 11.1. The highest BCUT2D eigenvalue weighted by atomic mass is 19.1. The number of anilines is 1. The zero-order chi connectivity index (χ0) is 24.3. The Bertz CT molecular complexity index is 1070. The number of piperidine rings is 1. The Balaban J connectivity index is 1.49. The summed E-state index contributed by atoms with van der Waals surface area (Å²) < 4.78 is 19.4. The molecular formula is C26H26FN3O4. The van der Waals surface area contributed by atoms with E-state index in [2.05, 4.69) is 0 Å². The number of hydrogen-bond acceptors (Lipinski definition) is 5. The van der Waals surface area contributed by atoms with Gasteiger partial charge in [0.2, 0.25) is 5.91 Å². The van der Waals surface area contributed by atoms with Crippen LogP contribution in [0, 0.1) is 23.1 Å². The summed E-state index contributed by atoms with van der Waals surface area (Å²) in [6.07, 6.45) is 4.15. The zero-order valence-corrected chi connectivity index (χ0v) is 18.7. The van der Waals surface area contributed by atoms with E-state index >= 15 is 0 Å². The van der Waals surface area contributed by atoms with Crippen LogP contribution < -0.4 is 4.90 Å². The highest BCUT2D eigenvalue weighted by Crippen LogP contribution is 2.21. The Morgan fingerprint density at radius 1 is 1.09 bits per heavy atom. The number of esters is 1. The molecule has 0 spiro atoms. The standard InChI is InChI=1S/C26H26FN3O4/c27-22-9-4-5-10-23(22)30(16-6-15-28)25(32)19-34-26(33)21-13-17-29(18-14-21)24(31)12-11-20-7-2-1-3-8-20/h1-5,7-12,21H,6,13-14,16-19H2/b12-11+. The van der Waals surface area contributed by atoms with Crippen LogP contribution in [0.5, 0.6) is 0 Å². The predicted molar refractivity (Wildman–Crippen MR) is 125 cm³/mol. The second-order valence-electron chi connectivity index (χ2n) is 7.86. The summed E-state index contributed by atoms with van der Waals surface area (Å²) in [6.45, 7) is 0.271. The molecule has 7 nitrogen and oxygen atoms in total. The molecule has 34 heavy (non-hydrogen) atoms. The van der Waals surface area contributed by atoms with E-state index in [4.69, 9.17) is 10.00 Å². The molecule has 1 aliphatic heterocycles. The summed E-state index contributed by atoms with van der Waals surface area (Å²) in [5.74, 6) is -2.26. The minimum absolute atomic E-state index is 0.00911. The van der Waals surface area contributed by atoms with Crippen molar-refractivity contribution in [1.29, 1.82) is 5.26 Å². The minimum Gasteiger partial charge on any atom is -0.455 e. The molecule has 176 valence electrons. The molecule has 0 bridgehead atoms. The topological polar surface area (TPSA) is 90.7 Å². The first-order valence-electron chi connectivity index (χ1n) is 11.1. The van der Waals surface area contributed by atoms with E-state index < -0.39 is 30.2 Å². The quantitative estimate of drug-likeness (QED) is 0.441. The van der Waals surface area contributed by atoms with Gasteiger partial charge in [-0.05, 0) is 36.6 Å². The smallest absolute Gasteiger partial charge is 0.309 e. The fraction of sp³-hybridized carbons (Fsp3) is 0.308. The van der Waals surface area contributed by atoms with Gasteiger partial charge in [-0.15, -0.1) is 0 Å². The second-order valence-corrected chi connectivity index (χ2v) is 7.86. The minimum atomic E-state index is -0.604. The number of hydrogen-bond donors (Lipinski definition) is 0. The molecule has 2 aromatic carbocycles. The molecule has 1 heterocycles. The summed E-state index contributed by atoms with van der Waals surface area (Å²) in [5, 5.41) is 8.85. The van der Waals surface area contributed by atoms with Crippen molar-refractivity contribution < 1.29 is 23.5 Å². The molecule has 2 aromatic rings. The van der Waals surface area contributed by atoms with Crippen LogP contribution in [0.25, 0.3) is 6.08 Å². The Kier molecular flexibility index (Phi) is 8.92. The van der Waals surface area contributed by atoms with E-state index in [1.165, 1.54) is 24.3 Å². The molecule has 0 saturated carbocycles. The summed E-state index contributed by atoms with van der Waals surface area (Å²) in [7, 11) is 0. The summed E-state index contributed by atoms with van der Waals surface area (Å²) in [6, 6.07) is 17.2. The molecule has 8 heteroatoms. The SMILES string of the molecule is N#CCCN(C(=O)COC(=O)C1CCN(C(=O)/C=C/c2ccccc2)CC1)c1ccccc1F. The predicted octanol–water partition coefficient (Wildman–Crippen LogP) is 3.57. The van der Waals surface area contributed by atoms with Crippen molar-refractivity contribution in [3.05, 3.63) is 72.1 Å². The third kappa shape index (κ3) is 6.75. The van der Waals surface area contributed by atoms with Crippen molar-refractivity contribution in [1.82, 2.24) is 4.90 Å². The first kappa shape index (κ1) is 24.6. The largest absolute Gasteiger partial charge is 0.455 e. The van der Waals surface area contributed by atoms with Crippen LogP contribution in [0.2, 0.25) is 0 Å². The van der Waals surface area contributed by atoms with E-state index in [1.807, 2.05) is 36.4 Å². The lowest BCUT2D eigenvalue weighted by atomic mass is 9.97. The lowest BCUT2D eigenvalue weighted by molar-refractivity contribution is -0.154. The van der Waals surface area contributed by atoms with Gasteiger partial charge in [0.25, 0.3) is 5.91 Å². The molecule has 1 aliphatic rings. The maximum atomic E-state index is 14.1. The van der Waals surface area contributed by atoms with E-state index in [1.54, 1.807) is 17.0 Å². The van der Waals surface area contributed by atoms with Crippen molar-refractivity contribution in [2.24, 2.45) is 5.92 Å². The average molecular weight is 464 g/mol. The van der Waals surface area contributed by atoms with Gasteiger partial charge in [-0.2, -0.15) is 5.26 Å². The van der Waals surface area contributed by atoms with Gasteiger partial charge in [0, 0.05) is 25.7 Å². The lowest BCUT2D eigenvalue weighted by Gasteiger charge is -2.30. The number of rotatable bonds is 8. The van der Waals surface area contributed by atoms with Crippen molar-refractivity contribution in [3.63, 3.8) is 0 Å². The number of nitrogens with zero attached hydrogens (tertiary/aromatic N) is 3. The van der Waals surface area contributed by atoms with Gasteiger partial charge < -0.3 is 14.5 Å². The number of para-hydroxylation sites is 1. The Morgan fingerprint density at radius 2 is 1.76 bits per heavy atom. The van der Waals surface area contributed by atoms with Crippen LogP contribution in [0.3, 0.4) is 0 Å². The normalized spacial score (nSPS) is 13.9.